The minimum absolute atomic E-state index is 0.328. The smallest absolute Gasteiger partial charge is 0.0637 e. The molecule has 0 saturated heterocycles. The fourth-order valence-corrected chi connectivity index (χ4v) is 2.11. The standard InChI is InChI=1S/C14H23ClN2/c1-5-17-13(6-8-14(2,3)4)11-7-9-16-10-12(11)15/h7,9-10,13,17H,5-6,8H2,1-4H3. The third kappa shape index (κ3) is 5.05. The first-order chi connectivity index (χ1) is 7.94. The molecule has 0 bridgehead atoms. The molecule has 1 rings (SSSR count). The lowest BCUT2D eigenvalue weighted by atomic mass is 9.87. The Morgan fingerprint density at radius 3 is 2.65 bits per heavy atom. The van der Waals surface area contributed by atoms with Crippen LogP contribution in [-0.4, -0.2) is 11.5 Å². The van der Waals surface area contributed by atoms with Gasteiger partial charge in [-0.25, -0.2) is 0 Å². The maximum absolute atomic E-state index is 6.20. The van der Waals surface area contributed by atoms with Crippen LogP contribution in [0.3, 0.4) is 0 Å². The molecular weight excluding hydrogens is 232 g/mol. The van der Waals surface area contributed by atoms with Gasteiger partial charge in [0.15, 0.2) is 0 Å². The van der Waals surface area contributed by atoms with Crippen molar-refractivity contribution in [3.63, 3.8) is 0 Å². The zero-order valence-corrected chi connectivity index (χ0v) is 12.0. The number of halogens is 1. The molecule has 0 amide bonds. The summed E-state index contributed by atoms with van der Waals surface area (Å²) in [6.07, 6.45) is 5.80. The van der Waals surface area contributed by atoms with E-state index < -0.39 is 0 Å². The van der Waals surface area contributed by atoms with Gasteiger partial charge in [-0.05, 0) is 36.4 Å². The second-order valence-corrected chi connectivity index (χ2v) is 6.01. The number of aromatic nitrogens is 1. The SMILES string of the molecule is CCNC(CCC(C)(C)C)c1ccncc1Cl. The normalized spacial score (nSPS) is 13.7. The van der Waals surface area contributed by atoms with E-state index in [0.29, 0.717) is 11.5 Å². The van der Waals surface area contributed by atoms with Crippen molar-refractivity contribution >= 4 is 11.6 Å². The molecule has 1 atom stereocenters. The van der Waals surface area contributed by atoms with Crippen molar-refractivity contribution in [3.8, 4) is 0 Å². The fourth-order valence-electron chi connectivity index (χ4n) is 1.86. The first-order valence-electron chi connectivity index (χ1n) is 6.27. The van der Waals surface area contributed by atoms with E-state index in [1.807, 2.05) is 12.3 Å². The highest BCUT2D eigenvalue weighted by atomic mass is 35.5. The van der Waals surface area contributed by atoms with E-state index in [0.717, 1.165) is 23.6 Å². The van der Waals surface area contributed by atoms with E-state index >= 15 is 0 Å². The molecule has 0 fully saturated rings. The molecule has 0 radical (unpaired) electrons. The Bertz CT molecular complexity index is 344. The molecule has 1 N–H and O–H groups in total. The summed E-state index contributed by atoms with van der Waals surface area (Å²) in [5.74, 6) is 0. The van der Waals surface area contributed by atoms with Gasteiger partial charge in [-0.1, -0.05) is 39.3 Å². The monoisotopic (exact) mass is 254 g/mol. The fraction of sp³-hybridized carbons (Fsp3) is 0.643. The van der Waals surface area contributed by atoms with E-state index in [4.69, 9.17) is 11.6 Å². The largest absolute Gasteiger partial charge is 0.310 e. The van der Waals surface area contributed by atoms with Crippen LogP contribution in [0.15, 0.2) is 18.5 Å². The molecule has 0 aliphatic heterocycles. The predicted molar refractivity (Wildman–Crippen MR) is 74.4 cm³/mol. The van der Waals surface area contributed by atoms with Crippen molar-refractivity contribution < 1.29 is 0 Å². The van der Waals surface area contributed by atoms with Gasteiger partial charge in [0.1, 0.15) is 0 Å². The predicted octanol–water partition coefficient (Wildman–Crippen LogP) is 4.21. The highest BCUT2D eigenvalue weighted by Gasteiger charge is 2.17. The molecule has 3 heteroatoms. The Kier molecular flexibility index (Phi) is 5.41. The molecule has 0 aliphatic carbocycles. The van der Waals surface area contributed by atoms with Gasteiger partial charge < -0.3 is 5.32 Å². The van der Waals surface area contributed by atoms with Crippen molar-refractivity contribution in [2.45, 2.75) is 46.6 Å². The quantitative estimate of drug-likeness (QED) is 0.851. The van der Waals surface area contributed by atoms with E-state index in [2.05, 4.69) is 38.0 Å². The molecule has 0 saturated carbocycles. The second-order valence-electron chi connectivity index (χ2n) is 5.61. The summed E-state index contributed by atoms with van der Waals surface area (Å²) in [5, 5.41) is 4.26. The molecule has 1 heterocycles. The van der Waals surface area contributed by atoms with Crippen molar-refractivity contribution in [1.29, 1.82) is 0 Å². The molecule has 0 aromatic carbocycles. The van der Waals surface area contributed by atoms with Crippen LogP contribution in [0.5, 0.6) is 0 Å². The van der Waals surface area contributed by atoms with E-state index in [1.54, 1.807) is 6.20 Å². The average molecular weight is 255 g/mol. The van der Waals surface area contributed by atoms with Gasteiger partial charge in [-0.2, -0.15) is 0 Å². The third-order valence-corrected chi connectivity index (χ3v) is 3.13. The van der Waals surface area contributed by atoms with Crippen LogP contribution in [0.4, 0.5) is 0 Å². The summed E-state index contributed by atoms with van der Waals surface area (Å²) in [5.41, 5.74) is 1.51. The Morgan fingerprint density at radius 1 is 1.41 bits per heavy atom. The minimum Gasteiger partial charge on any atom is -0.310 e. The Balaban J connectivity index is 2.75. The van der Waals surface area contributed by atoms with Crippen molar-refractivity contribution in [2.24, 2.45) is 5.41 Å². The van der Waals surface area contributed by atoms with E-state index in [9.17, 15) is 0 Å². The average Bonchev–Trinajstić information content (AvgIpc) is 2.24. The Hall–Kier alpha value is -0.600. The first kappa shape index (κ1) is 14.5. The summed E-state index contributed by atoms with van der Waals surface area (Å²) in [4.78, 5) is 4.04. The van der Waals surface area contributed by atoms with Gasteiger partial charge in [0.05, 0.1) is 5.02 Å². The van der Waals surface area contributed by atoms with E-state index in [-0.39, 0.29) is 0 Å². The van der Waals surface area contributed by atoms with Crippen LogP contribution in [0.2, 0.25) is 5.02 Å². The van der Waals surface area contributed by atoms with Crippen LogP contribution < -0.4 is 5.32 Å². The van der Waals surface area contributed by atoms with Gasteiger partial charge >= 0.3 is 0 Å². The van der Waals surface area contributed by atoms with Crippen LogP contribution in [0.1, 0.15) is 52.1 Å². The molecule has 17 heavy (non-hydrogen) atoms. The minimum atomic E-state index is 0.328. The molecule has 1 aromatic rings. The number of rotatable bonds is 5. The molecular formula is C14H23ClN2. The highest BCUT2D eigenvalue weighted by Crippen LogP contribution is 2.30. The summed E-state index contributed by atoms with van der Waals surface area (Å²) < 4.78 is 0. The molecule has 0 spiro atoms. The number of pyridine rings is 1. The highest BCUT2D eigenvalue weighted by molar-refractivity contribution is 6.31. The topological polar surface area (TPSA) is 24.9 Å². The molecule has 2 nitrogen and oxygen atoms in total. The lowest BCUT2D eigenvalue weighted by molar-refractivity contribution is 0.334. The second kappa shape index (κ2) is 6.36. The van der Waals surface area contributed by atoms with Crippen LogP contribution in [0, 0.1) is 5.41 Å². The Morgan fingerprint density at radius 2 is 2.12 bits per heavy atom. The van der Waals surface area contributed by atoms with Gasteiger partial charge in [0.2, 0.25) is 0 Å². The Labute approximate surface area is 110 Å². The summed E-state index contributed by atoms with van der Waals surface area (Å²) in [6, 6.07) is 2.34. The van der Waals surface area contributed by atoms with Gasteiger partial charge in [-0.15, -0.1) is 0 Å². The number of hydrogen-bond acceptors (Lipinski definition) is 2. The lowest BCUT2D eigenvalue weighted by Gasteiger charge is -2.24. The molecule has 1 aromatic heterocycles. The lowest BCUT2D eigenvalue weighted by Crippen LogP contribution is -2.23. The zero-order valence-electron chi connectivity index (χ0n) is 11.3. The summed E-state index contributed by atoms with van der Waals surface area (Å²) >= 11 is 6.20. The van der Waals surface area contributed by atoms with Crippen LogP contribution >= 0.6 is 11.6 Å². The van der Waals surface area contributed by atoms with Crippen molar-refractivity contribution in [2.75, 3.05) is 6.54 Å². The first-order valence-corrected chi connectivity index (χ1v) is 6.64. The summed E-state index contributed by atoms with van der Waals surface area (Å²) in [6.45, 7) is 9.88. The zero-order chi connectivity index (χ0) is 12.9. The number of hydrogen-bond donors (Lipinski definition) is 1. The number of nitrogens with one attached hydrogen (secondary N) is 1. The van der Waals surface area contributed by atoms with Crippen molar-refractivity contribution in [1.82, 2.24) is 10.3 Å². The van der Waals surface area contributed by atoms with E-state index in [1.165, 1.54) is 6.42 Å². The maximum atomic E-state index is 6.20. The summed E-state index contributed by atoms with van der Waals surface area (Å²) in [7, 11) is 0. The molecule has 0 aliphatic rings. The maximum Gasteiger partial charge on any atom is 0.0637 e. The van der Waals surface area contributed by atoms with Gasteiger partial charge in [0, 0.05) is 18.4 Å². The van der Waals surface area contributed by atoms with Gasteiger partial charge in [0.25, 0.3) is 0 Å². The van der Waals surface area contributed by atoms with Gasteiger partial charge in [-0.3, -0.25) is 4.98 Å². The molecule has 1 unspecified atom stereocenters. The third-order valence-electron chi connectivity index (χ3n) is 2.81. The van der Waals surface area contributed by atoms with Crippen molar-refractivity contribution in [3.05, 3.63) is 29.0 Å². The number of nitrogens with zero attached hydrogens (tertiary/aromatic N) is 1. The molecule has 96 valence electrons. The van der Waals surface area contributed by atoms with Crippen LogP contribution in [-0.2, 0) is 0 Å². The van der Waals surface area contributed by atoms with Crippen LogP contribution in [0.25, 0.3) is 0 Å².